The van der Waals surface area contributed by atoms with Crippen LogP contribution in [0.3, 0.4) is 0 Å². The zero-order chi connectivity index (χ0) is 24.0. The van der Waals surface area contributed by atoms with Crippen LogP contribution in [-0.2, 0) is 4.79 Å². The van der Waals surface area contributed by atoms with Crippen LogP contribution in [0.4, 0.5) is 11.4 Å². The minimum absolute atomic E-state index is 0.0541. The Balaban J connectivity index is 1.84. The molecule has 0 atom stereocenters. The largest absolute Gasteiger partial charge is 0.395 e. The second kappa shape index (κ2) is 11.3. The monoisotopic (exact) mass is 471 g/mol. The SMILES string of the molecule is CC(C)CCNC(=O)CN(C(=O)c1snc(C(N)=O)c1N)c1ccc(C2CCCCC2)cc1. The Bertz CT molecular complexity index is 980. The first-order valence-corrected chi connectivity index (χ1v) is 12.3. The number of hydrogen-bond donors (Lipinski definition) is 3. The maximum atomic E-state index is 13.4. The summed E-state index contributed by atoms with van der Waals surface area (Å²) in [5, 5.41) is 2.87. The predicted octanol–water partition coefficient (Wildman–Crippen LogP) is 3.68. The highest BCUT2D eigenvalue weighted by atomic mass is 32.1. The van der Waals surface area contributed by atoms with Gasteiger partial charge in [-0.15, -0.1) is 0 Å². The van der Waals surface area contributed by atoms with Crippen LogP contribution in [0.1, 0.15) is 84.0 Å². The maximum Gasteiger partial charge on any atom is 0.272 e. The normalized spacial score (nSPS) is 14.3. The molecule has 33 heavy (non-hydrogen) atoms. The van der Waals surface area contributed by atoms with Crippen molar-refractivity contribution < 1.29 is 14.4 Å². The van der Waals surface area contributed by atoms with E-state index in [1.54, 1.807) is 0 Å². The molecule has 0 spiro atoms. The summed E-state index contributed by atoms with van der Waals surface area (Å²) in [4.78, 5) is 39.0. The van der Waals surface area contributed by atoms with Crippen LogP contribution in [0.5, 0.6) is 0 Å². The number of hydrogen-bond acceptors (Lipinski definition) is 6. The Morgan fingerprint density at radius 3 is 2.39 bits per heavy atom. The van der Waals surface area contributed by atoms with Crippen molar-refractivity contribution in [3.63, 3.8) is 0 Å². The molecule has 0 radical (unpaired) electrons. The Kier molecular flexibility index (Phi) is 8.43. The van der Waals surface area contributed by atoms with Crippen molar-refractivity contribution in [3.8, 4) is 0 Å². The van der Waals surface area contributed by atoms with Crippen LogP contribution in [0.25, 0.3) is 0 Å². The van der Waals surface area contributed by atoms with Crippen molar-refractivity contribution in [1.29, 1.82) is 0 Å². The number of carbonyl (C=O) groups excluding carboxylic acids is 3. The van der Waals surface area contributed by atoms with Gasteiger partial charge in [0.05, 0.1) is 5.69 Å². The highest BCUT2D eigenvalue weighted by Crippen LogP contribution is 2.34. The molecule has 3 amide bonds. The Hall–Kier alpha value is -2.94. The first-order chi connectivity index (χ1) is 15.8. The van der Waals surface area contributed by atoms with E-state index in [-0.39, 0.29) is 28.7 Å². The van der Waals surface area contributed by atoms with Crippen LogP contribution in [-0.4, -0.2) is 35.2 Å². The molecule has 0 unspecified atom stereocenters. The molecule has 1 fully saturated rings. The average Bonchev–Trinajstić information content (AvgIpc) is 3.19. The number of amides is 3. The van der Waals surface area contributed by atoms with Crippen LogP contribution in [0, 0.1) is 5.92 Å². The van der Waals surface area contributed by atoms with Crippen LogP contribution < -0.4 is 21.7 Å². The first-order valence-electron chi connectivity index (χ1n) is 11.5. The minimum atomic E-state index is -0.794. The molecular weight excluding hydrogens is 438 g/mol. The van der Waals surface area contributed by atoms with Gasteiger partial charge in [0.2, 0.25) is 5.91 Å². The van der Waals surface area contributed by atoms with Gasteiger partial charge in [0.1, 0.15) is 11.4 Å². The molecule has 0 bridgehead atoms. The molecule has 178 valence electrons. The van der Waals surface area contributed by atoms with Crippen molar-refractivity contribution in [2.45, 2.75) is 58.3 Å². The number of anilines is 2. The van der Waals surface area contributed by atoms with Gasteiger partial charge in [0, 0.05) is 12.2 Å². The van der Waals surface area contributed by atoms with Crippen molar-refractivity contribution in [2.75, 3.05) is 23.7 Å². The number of nitrogens with one attached hydrogen (secondary N) is 1. The van der Waals surface area contributed by atoms with E-state index in [4.69, 9.17) is 11.5 Å². The van der Waals surface area contributed by atoms with Gasteiger partial charge in [-0.05, 0) is 60.3 Å². The topological polar surface area (TPSA) is 131 Å². The van der Waals surface area contributed by atoms with Gasteiger partial charge in [0.25, 0.3) is 11.8 Å². The molecule has 1 heterocycles. The zero-order valence-electron chi connectivity index (χ0n) is 19.3. The predicted molar refractivity (Wildman–Crippen MR) is 131 cm³/mol. The van der Waals surface area contributed by atoms with Gasteiger partial charge in [-0.1, -0.05) is 45.2 Å². The smallest absolute Gasteiger partial charge is 0.272 e. The summed E-state index contributed by atoms with van der Waals surface area (Å²) in [6, 6.07) is 7.81. The van der Waals surface area contributed by atoms with E-state index in [1.807, 2.05) is 24.3 Å². The molecule has 1 aliphatic rings. The molecule has 1 aliphatic carbocycles. The maximum absolute atomic E-state index is 13.4. The van der Waals surface area contributed by atoms with Gasteiger partial charge in [0.15, 0.2) is 5.69 Å². The van der Waals surface area contributed by atoms with E-state index in [0.717, 1.165) is 18.0 Å². The fourth-order valence-corrected chi connectivity index (χ4v) is 4.85. The number of nitrogen functional groups attached to an aromatic ring is 1. The average molecular weight is 472 g/mol. The van der Waals surface area contributed by atoms with E-state index in [9.17, 15) is 14.4 Å². The molecule has 3 rings (SSSR count). The minimum Gasteiger partial charge on any atom is -0.395 e. The molecule has 9 heteroatoms. The summed E-state index contributed by atoms with van der Waals surface area (Å²) in [5.74, 6) is -0.552. The summed E-state index contributed by atoms with van der Waals surface area (Å²) < 4.78 is 3.93. The first kappa shape index (κ1) is 24.7. The third-order valence-electron chi connectivity index (χ3n) is 6.03. The second-order valence-electron chi connectivity index (χ2n) is 8.99. The third-order valence-corrected chi connectivity index (χ3v) is 6.88. The van der Waals surface area contributed by atoms with Gasteiger partial charge < -0.3 is 16.8 Å². The molecule has 0 saturated heterocycles. The van der Waals surface area contributed by atoms with Crippen molar-refractivity contribution in [3.05, 3.63) is 40.4 Å². The van der Waals surface area contributed by atoms with E-state index >= 15 is 0 Å². The van der Waals surface area contributed by atoms with Gasteiger partial charge in [-0.25, -0.2) is 0 Å². The molecule has 8 nitrogen and oxygen atoms in total. The molecule has 1 saturated carbocycles. The molecule has 1 aromatic carbocycles. The summed E-state index contributed by atoms with van der Waals surface area (Å²) in [5.41, 5.74) is 12.9. The molecule has 0 aliphatic heterocycles. The van der Waals surface area contributed by atoms with Gasteiger partial charge >= 0.3 is 0 Å². The number of nitrogens with two attached hydrogens (primary N) is 2. The zero-order valence-corrected chi connectivity index (χ0v) is 20.1. The molecular formula is C24H33N5O3S. The lowest BCUT2D eigenvalue weighted by molar-refractivity contribution is -0.119. The van der Waals surface area contributed by atoms with Gasteiger partial charge in [-0.2, -0.15) is 4.37 Å². The van der Waals surface area contributed by atoms with E-state index in [1.165, 1.54) is 42.6 Å². The summed E-state index contributed by atoms with van der Waals surface area (Å²) >= 11 is 0.812. The highest BCUT2D eigenvalue weighted by molar-refractivity contribution is 7.09. The quantitative estimate of drug-likeness (QED) is 0.513. The lowest BCUT2D eigenvalue weighted by atomic mass is 9.84. The van der Waals surface area contributed by atoms with Crippen molar-refractivity contribution in [1.82, 2.24) is 9.69 Å². The molecule has 1 aromatic heterocycles. The number of benzene rings is 1. The Morgan fingerprint density at radius 2 is 1.82 bits per heavy atom. The lowest BCUT2D eigenvalue weighted by Gasteiger charge is -2.25. The van der Waals surface area contributed by atoms with E-state index in [2.05, 4.69) is 23.5 Å². The fraction of sp³-hybridized carbons (Fsp3) is 0.500. The highest BCUT2D eigenvalue weighted by Gasteiger charge is 2.27. The summed E-state index contributed by atoms with van der Waals surface area (Å²) in [6.07, 6.45) is 6.95. The van der Waals surface area contributed by atoms with Crippen molar-refractivity contribution in [2.24, 2.45) is 11.7 Å². The van der Waals surface area contributed by atoms with E-state index < -0.39 is 11.8 Å². The van der Waals surface area contributed by atoms with Gasteiger partial charge in [-0.3, -0.25) is 19.3 Å². The number of primary amides is 1. The fourth-order valence-electron chi connectivity index (χ4n) is 4.09. The second-order valence-corrected chi connectivity index (χ2v) is 9.76. The molecule has 2 aromatic rings. The Labute approximate surface area is 198 Å². The van der Waals surface area contributed by atoms with Crippen LogP contribution in [0.2, 0.25) is 0 Å². The summed E-state index contributed by atoms with van der Waals surface area (Å²) in [7, 11) is 0. The van der Waals surface area contributed by atoms with Crippen LogP contribution in [0.15, 0.2) is 24.3 Å². The number of nitrogens with zero attached hydrogens (tertiary/aromatic N) is 2. The number of carbonyl (C=O) groups is 3. The number of aromatic nitrogens is 1. The number of rotatable bonds is 9. The lowest BCUT2D eigenvalue weighted by Crippen LogP contribution is -2.41. The van der Waals surface area contributed by atoms with E-state index in [0.29, 0.717) is 24.1 Å². The van der Waals surface area contributed by atoms with Crippen molar-refractivity contribution >= 4 is 40.6 Å². The Morgan fingerprint density at radius 1 is 1.15 bits per heavy atom. The van der Waals surface area contributed by atoms with Crippen LogP contribution >= 0.6 is 11.5 Å². The third kappa shape index (κ3) is 6.31. The standard InChI is InChI=1S/C24H33N5O3S/c1-15(2)12-13-27-19(30)14-29(24(32)22-20(25)21(23(26)31)28-33-22)18-10-8-17(9-11-18)16-6-4-3-5-7-16/h8-11,15-16H,3-7,12-14,25H2,1-2H3,(H2,26,31)(H,27,30). The molecule has 5 N–H and O–H groups in total. The summed E-state index contributed by atoms with van der Waals surface area (Å²) in [6.45, 7) is 4.54.